The molecule has 0 aliphatic carbocycles. The second kappa shape index (κ2) is 29.6. The van der Waals surface area contributed by atoms with Gasteiger partial charge in [-0.2, -0.15) is 0 Å². The number of carbonyl (C=O) groups is 12. The lowest BCUT2D eigenvalue weighted by Gasteiger charge is -2.32. The maximum atomic E-state index is 14.4. The molecule has 0 aromatic heterocycles. The van der Waals surface area contributed by atoms with Crippen LogP contribution in [0.5, 0.6) is 17.2 Å². The molecule has 1 aliphatic rings. The molecule has 27 nitrogen and oxygen atoms in total. The van der Waals surface area contributed by atoms with Crippen LogP contribution >= 0.6 is 0 Å². The average molecular weight is 1130 g/mol. The average Bonchev–Trinajstić information content (AvgIpc) is 3.93. The van der Waals surface area contributed by atoms with E-state index < -0.39 is 144 Å². The molecule has 1 heterocycles. The number of carbonyl (C=O) groups excluding carboxylic acids is 9. The Bertz CT molecular complexity index is 2790. The van der Waals surface area contributed by atoms with Crippen molar-refractivity contribution in [1.82, 2.24) is 47.0 Å². The second-order valence-electron chi connectivity index (χ2n) is 19.9. The lowest BCUT2D eigenvalue weighted by Crippen LogP contribution is -2.61. The zero-order valence-electron chi connectivity index (χ0n) is 45.3. The minimum Gasteiger partial charge on any atom is -0.508 e. The van der Waals surface area contributed by atoms with Crippen molar-refractivity contribution in [2.45, 2.75) is 134 Å². The summed E-state index contributed by atoms with van der Waals surface area (Å²) in [6, 6.07) is 3.10. The van der Waals surface area contributed by atoms with E-state index in [4.69, 9.17) is 0 Å². The molecule has 0 spiro atoms. The number of hydrogen-bond acceptors (Lipinski definition) is 15. The number of aromatic hydroxyl groups is 3. The number of amides is 9. The number of rotatable bonds is 28. The lowest BCUT2D eigenvalue weighted by molar-refractivity contribution is -0.145. The Morgan fingerprint density at radius 3 is 1.36 bits per heavy atom. The summed E-state index contributed by atoms with van der Waals surface area (Å²) in [6.07, 6.45) is -2.47. The summed E-state index contributed by atoms with van der Waals surface area (Å²) in [5.41, 5.74) is 1.33. The standard InChI is InChI=1S/C54H69N9O18/c1-27(2)45(53(79)63-21-7-8-42(63)51(77)60-39(25-43(68)69)49(75)58-37(47(73)55-28(3)54(80)81)22-31-9-15-34(65)16-10-31)61-50(76)40(26-44(70)71)59-48(74)38(23-32-11-17-35(66)18-12-32)57-46(72)29(4)62(6)52(78)41(56-30(5)64)24-33-13-19-36(67)20-14-33/h9-20,27-29,37-42,45,65-67H,7-8,21-26H2,1-6H3,(H,55,73)(H,56,64)(H,57,72)(H,58,75)(H,59,74)(H,60,77)(H,61,76)(H,68,69)(H,70,71)(H,80,81)/t28-,29+,37-,38+,39-,40+,41+,42-,45-/m1/s1. The number of carboxylic acids is 3. The molecule has 0 bridgehead atoms. The Morgan fingerprint density at radius 1 is 0.531 bits per heavy atom. The number of likely N-dealkylation sites (N-methyl/N-ethyl adjacent to an activating group) is 1. The predicted molar refractivity (Wildman–Crippen MR) is 284 cm³/mol. The molecule has 1 fully saturated rings. The summed E-state index contributed by atoms with van der Waals surface area (Å²) in [4.78, 5) is 162. The number of carboxylic acid groups (broad SMARTS) is 3. The number of phenols is 3. The Morgan fingerprint density at radius 2 is 0.926 bits per heavy atom. The summed E-state index contributed by atoms with van der Waals surface area (Å²) in [6.45, 7) is 6.65. The van der Waals surface area contributed by atoms with Crippen LogP contribution in [0.4, 0.5) is 0 Å². The van der Waals surface area contributed by atoms with Crippen LogP contribution in [0.25, 0.3) is 0 Å². The van der Waals surface area contributed by atoms with Gasteiger partial charge in [-0.1, -0.05) is 50.2 Å². The van der Waals surface area contributed by atoms with E-state index in [1.165, 1.54) is 95.4 Å². The van der Waals surface area contributed by atoms with Crippen molar-refractivity contribution in [2.24, 2.45) is 5.92 Å². The summed E-state index contributed by atoms with van der Waals surface area (Å²) in [7, 11) is 1.29. The Labute approximate surface area is 465 Å². The van der Waals surface area contributed by atoms with Gasteiger partial charge in [0.2, 0.25) is 53.2 Å². The van der Waals surface area contributed by atoms with E-state index in [0.717, 1.165) is 16.7 Å². The van der Waals surface area contributed by atoms with Crippen LogP contribution in [-0.4, -0.2) is 179 Å². The maximum absolute atomic E-state index is 14.4. The van der Waals surface area contributed by atoms with Crippen molar-refractivity contribution in [3.63, 3.8) is 0 Å². The second-order valence-corrected chi connectivity index (χ2v) is 19.9. The molecule has 0 saturated carbocycles. The lowest BCUT2D eigenvalue weighted by atomic mass is 10.0. The van der Waals surface area contributed by atoms with E-state index >= 15 is 0 Å². The van der Waals surface area contributed by atoms with E-state index in [-0.39, 0.29) is 55.9 Å². The van der Waals surface area contributed by atoms with Crippen molar-refractivity contribution >= 4 is 71.1 Å². The van der Waals surface area contributed by atoms with Gasteiger partial charge in [0.15, 0.2) is 0 Å². The van der Waals surface area contributed by atoms with Gasteiger partial charge < -0.3 is 77.7 Å². The molecule has 0 radical (unpaired) electrons. The number of nitrogens with one attached hydrogen (secondary N) is 7. The monoisotopic (exact) mass is 1130 g/mol. The smallest absolute Gasteiger partial charge is 0.325 e. The number of likely N-dealkylation sites (tertiary alicyclic amines) is 1. The van der Waals surface area contributed by atoms with Crippen LogP contribution in [0.1, 0.15) is 77.0 Å². The third-order valence-electron chi connectivity index (χ3n) is 13.2. The van der Waals surface area contributed by atoms with Crippen LogP contribution in [0.2, 0.25) is 0 Å². The van der Waals surface area contributed by atoms with Gasteiger partial charge in [-0.3, -0.25) is 57.5 Å². The normalized spacial score (nSPS) is 15.8. The summed E-state index contributed by atoms with van der Waals surface area (Å²) in [5, 5.41) is 75.3. The van der Waals surface area contributed by atoms with E-state index in [1.807, 2.05) is 0 Å². The highest BCUT2D eigenvalue weighted by Crippen LogP contribution is 2.22. The number of phenolic OH excluding ortho intramolecular Hbond substituents is 3. The third-order valence-corrected chi connectivity index (χ3v) is 13.2. The maximum Gasteiger partial charge on any atom is 0.325 e. The Balaban J connectivity index is 1.54. The van der Waals surface area contributed by atoms with Gasteiger partial charge >= 0.3 is 17.9 Å². The first-order valence-electron chi connectivity index (χ1n) is 25.7. The third kappa shape index (κ3) is 19.5. The van der Waals surface area contributed by atoms with Crippen molar-refractivity contribution in [3.8, 4) is 17.2 Å². The molecule has 9 atom stereocenters. The van der Waals surface area contributed by atoms with Gasteiger partial charge in [0.05, 0.1) is 12.8 Å². The highest BCUT2D eigenvalue weighted by molar-refractivity contribution is 6.00. The molecule has 13 N–H and O–H groups in total. The molecule has 438 valence electrons. The van der Waals surface area contributed by atoms with E-state index in [2.05, 4.69) is 37.2 Å². The molecular weight excluding hydrogens is 1060 g/mol. The van der Waals surface area contributed by atoms with Crippen molar-refractivity contribution in [3.05, 3.63) is 89.5 Å². The molecule has 1 aliphatic heterocycles. The topological polar surface area (TPSA) is 417 Å². The van der Waals surface area contributed by atoms with Gasteiger partial charge in [0.25, 0.3) is 0 Å². The molecule has 4 rings (SSSR count). The molecule has 3 aromatic carbocycles. The highest BCUT2D eigenvalue weighted by atomic mass is 16.4. The molecule has 1 saturated heterocycles. The van der Waals surface area contributed by atoms with Gasteiger partial charge in [-0.05, 0) is 85.7 Å². The number of benzene rings is 3. The number of nitrogens with zero attached hydrogens (tertiary/aromatic N) is 2. The highest BCUT2D eigenvalue weighted by Gasteiger charge is 2.42. The first-order valence-corrected chi connectivity index (χ1v) is 25.7. The molecule has 27 heteroatoms. The van der Waals surface area contributed by atoms with Crippen molar-refractivity contribution in [2.75, 3.05) is 13.6 Å². The molecule has 81 heavy (non-hydrogen) atoms. The van der Waals surface area contributed by atoms with E-state index in [9.17, 15) is 88.2 Å². The van der Waals surface area contributed by atoms with Crippen LogP contribution < -0.4 is 37.2 Å². The largest absolute Gasteiger partial charge is 0.508 e. The van der Waals surface area contributed by atoms with Crippen molar-refractivity contribution < 1.29 is 88.2 Å². The predicted octanol–water partition coefficient (Wildman–Crippen LogP) is -1.21. The van der Waals surface area contributed by atoms with Crippen LogP contribution in [0.15, 0.2) is 72.8 Å². The summed E-state index contributed by atoms with van der Waals surface area (Å²) < 4.78 is 0. The Kier molecular flexibility index (Phi) is 23.5. The zero-order valence-corrected chi connectivity index (χ0v) is 45.3. The minimum atomic E-state index is -1.91. The van der Waals surface area contributed by atoms with Crippen LogP contribution in [0, 0.1) is 5.92 Å². The van der Waals surface area contributed by atoms with E-state index in [1.54, 1.807) is 12.1 Å². The fraction of sp³-hybridized carbons (Fsp3) is 0.444. The SMILES string of the molecule is CC(=O)N[C@@H](Cc1ccc(O)cc1)C(=O)N(C)[C@@H](C)C(=O)N[C@@H](Cc1ccc(O)cc1)C(=O)N[C@@H](CC(=O)O)C(=O)N[C@@H](C(=O)N1CCC[C@@H]1C(=O)N[C@H](CC(=O)O)C(=O)N[C@H](Cc1ccc(O)cc1)C(=O)N[C@H](C)C(=O)O)C(C)C. The fourth-order valence-corrected chi connectivity index (χ4v) is 8.58. The van der Waals surface area contributed by atoms with Gasteiger partial charge in [0.1, 0.15) is 71.6 Å². The summed E-state index contributed by atoms with van der Waals surface area (Å²) >= 11 is 0. The van der Waals surface area contributed by atoms with E-state index in [0.29, 0.717) is 16.7 Å². The summed E-state index contributed by atoms with van der Waals surface area (Å²) in [5.74, 6) is -14.0. The Hall–Kier alpha value is -9.30. The van der Waals surface area contributed by atoms with Gasteiger partial charge in [-0.25, -0.2) is 0 Å². The number of aliphatic carboxylic acids is 3. The fourth-order valence-electron chi connectivity index (χ4n) is 8.58. The first kappa shape index (κ1) is 64.2. The minimum absolute atomic E-state index is 0.0131. The van der Waals surface area contributed by atoms with Crippen molar-refractivity contribution in [1.29, 1.82) is 0 Å². The van der Waals surface area contributed by atoms with Crippen LogP contribution in [-0.2, 0) is 76.8 Å². The zero-order chi connectivity index (χ0) is 60.4. The van der Waals surface area contributed by atoms with Crippen LogP contribution in [0.3, 0.4) is 0 Å². The number of hydrogen-bond donors (Lipinski definition) is 13. The first-order chi connectivity index (χ1) is 38.0. The quantitative estimate of drug-likeness (QED) is 0.0406. The molecule has 9 amide bonds. The van der Waals surface area contributed by atoms with Gasteiger partial charge in [0, 0.05) is 39.8 Å². The molecular formula is C54H69N9O18. The van der Waals surface area contributed by atoms with Gasteiger partial charge in [-0.15, -0.1) is 0 Å². The molecule has 3 aromatic rings. The molecule has 0 unspecified atom stereocenters.